The van der Waals surface area contributed by atoms with Gasteiger partial charge in [-0.1, -0.05) is 30.3 Å². The minimum Gasteiger partial charge on any atom is -0.454 e. The fraction of sp³-hybridized carbons (Fsp3) is 0.227. The summed E-state index contributed by atoms with van der Waals surface area (Å²) in [7, 11) is 2.24. The van der Waals surface area contributed by atoms with E-state index in [4.69, 9.17) is 9.40 Å². The fourth-order valence-electron chi connectivity index (χ4n) is 4.42. The molecule has 2 aromatic heterocycles. The molecule has 1 aliphatic rings. The molecule has 5 rings (SSSR count). The smallest absolute Gasteiger partial charge is 0.159 e. The second kappa shape index (κ2) is 5.52. The van der Waals surface area contributed by atoms with Crippen molar-refractivity contribution < 1.29 is 4.42 Å². The molecule has 4 aromatic rings. The number of aromatic nitrogens is 1. The monoisotopic (exact) mass is 355 g/mol. The number of hydrogen-bond acceptors (Lipinski definition) is 4. The Hall–Kier alpha value is -2.95. The number of para-hydroxylation sites is 2. The second-order valence-corrected chi connectivity index (χ2v) is 8.14. The summed E-state index contributed by atoms with van der Waals surface area (Å²) in [5.74, 6) is 0.980. The Morgan fingerprint density at radius 3 is 2.52 bits per heavy atom. The van der Waals surface area contributed by atoms with E-state index in [2.05, 4.69) is 74.8 Å². The highest BCUT2D eigenvalue weighted by Crippen LogP contribution is 2.47. The molecule has 0 amide bonds. The second-order valence-electron chi connectivity index (χ2n) is 8.14. The highest BCUT2D eigenvalue weighted by atomic mass is 16.3. The molecule has 1 aliphatic heterocycles. The molecule has 0 aliphatic carbocycles. The van der Waals surface area contributed by atoms with Gasteiger partial charge in [0.15, 0.2) is 11.4 Å². The SMILES string of the molecule is BC(C)(C)N1c2cccnc2N(c2cccc3c2oc2ccccc23)C1C. The molecule has 1 atom stereocenters. The quantitative estimate of drug-likeness (QED) is 0.490. The summed E-state index contributed by atoms with van der Waals surface area (Å²) in [5, 5.41) is 2.29. The van der Waals surface area contributed by atoms with Gasteiger partial charge in [-0.15, -0.1) is 0 Å². The molecule has 0 saturated heterocycles. The zero-order valence-corrected chi connectivity index (χ0v) is 16.1. The Bertz CT molecular complexity index is 1160. The highest BCUT2D eigenvalue weighted by Gasteiger charge is 2.41. The lowest BCUT2D eigenvalue weighted by Gasteiger charge is -2.39. The maximum absolute atomic E-state index is 6.29. The van der Waals surface area contributed by atoms with E-state index in [-0.39, 0.29) is 11.6 Å². The summed E-state index contributed by atoms with van der Waals surface area (Å²) in [5.41, 5.74) is 4.03. The van der Waals surface area contributed by atoms with Crippen LogP contribution in [0, 0.1) is 0 Å². The van der Waals surface area contributed by atoms with Crippen molar-refractivity contribution in [2.45, 2.75) is 32.4 Å². The first-order valence-electron chi connectivity index (χ1n) is 9.40. The van der Waals surface area contributed by atoms with Gasteiger partial charge in [-0.05, 0) is 45.0 Å². The van der Waals surface area contributed by atoms with Crippen LogP contribution in [0.3, 0.4) is 0 Å². The molecule has 0 fully saturated rings. The van der Waals surface area contributed by atoms with Crippen molar-refractivity contribution in [1.82, 2.24) is 4.98 Å². The summed E-state index contributed by atoms with van der Waals surface area (Å²) in [6, 6.07) is 18.7. The summed E-state index contributed by atoms with van der Waals surface area (Å²) >= 11 is 0. The summed E-state index contributed by atoms with van der Waals surface area (Å²) in [6.45, 7) is 6.71. The van der Waals surface area contributed by atoms with Crippen molar-refractivity contribution >= 4 is 47.0 Å². The van der Waals surface area contributed by atoms with Crippen LogP contribution in [0.1, 0.15) is 20.8 Å². The maximum atomic E-state index is 6.29. The predicted molar refractivity (Wildman–Crippen MR) is 115 cm³/mol. The molecule has 0 bridgehead atoms. The first-order valence-corrected chi connectivity index (χ1v) is 9.40. The van der Waals surface area contributed by atoms with Crippen LogP contribution >= 0.6 is 0 Å². The molecular formula is C22H22BN3O. The number of benzene rings is 2. The molecule has 0 saturated carbocycles. The minimum atomic E-state index is -0.0201. The van der Waals surface area contributed by atoms with Crippen LogP contribution in [-0.2, 0) is 0 Å². The number of fused-ring (bicyclic) bond motifs is 4. The lowest BCUT2D eigenvalue weighted by Crippen LogP contribution is -2.51. The summed E-state index contributed by atoms with van der Waals surface area (Å²) < 4.78 is 6.29. The Morgan fingerprint density at radius 1 is 0.963 bits per heavy atom. The van der Waals surface area contributed by atoms with Crippen LogP contribution in [0.15, 0.2) is 65.2 Å². The van der Waals surface area contributed by atoms with Gasteiger partial charge in [0.25, 0.3) is 0 Å². The van der Waals surface area contributed by atoms with Gasteiger partial charge < -0.3 is 14.2 Å². The molecule has 3 heterocycles. The van der Waals surface area contributed by atoms with E-state index in [1.165, 1.54) is 0 Å². The van der Waals surface area contributed by atoms with Gasteiger partial charge in [0.2, 0.25) is 0 Å². The number of hydrogen-bond donors (Lipinski definition) is 0. The van der Waals surface area contributed by atoms with Gasteiger partial charge in [-0.3, -0.25) is 0 Å². The molecule has 2 aromatic carbocycles. The van der Waals surface area contributed by atoms with Crippen LogP contribution in [0.5, 0.6) is 0 Å². The van der Waals surface area contributed by atoms with E-state index in [9.17, 15) is 0 Å². The van der Waals surface area contributed by atoms with Crippen molar-refractivity contribution in [3.63, 3.8) is 0 Å². The van der Waals surface area contributed by atoms with E-state index in [0.717, 1.165) is 39.1 Å². The average Bonchev–Trinajstić information content (AvgIpc) is 3.16. The third-order valence-electron chi connectivity index (χ3n) is 5.37. The number of nitrogens with zero attached hydrogens (tertiary/aromatic N) is 3. The molecule has 134 valence electrons. The molecule has 27 heavy (non-hydrogen) atoms. The van der Waals surface area contributed by atoms with Gasteiger partial charge >= 0.3 is 0 Å². The van der Waals surface area contributed by atoms with Crippen LogP contribution in [0.25, 0.3) is 21.9 Å². The van der Waals surface area contributed by atoms with Gasteiger partial charge in [0, 0.05) is 22.4 Å². The molecule has 1 unspecified atom stereocenters. The van der Waals surface area contributed by atoms with E-state index >= 15 is 0 Å². The first-order chi connectivity index (χ1) is 13.0. The van der Waals surface area contributed by atoms with E-state index in [1.54, 1.807) is 0 Å². The largest absolute Gasteiger partial charge is 0.454 e. The van der Waals surface area contributed by atoms with E-state index in [0.29, 0.717) is 0 Å². The molecule has 5 heteroatoms. The average molecular weight is 355 g/mol. The molecule has 0 radical (unpaired) electrons. The highest BCUT2D eigenvalue weighted by molar-refractivity contribution is 6.17. The van der Waals surface area contributed by atoms with Crippen LogP contribution in [0.4, 0.5) is 17.2 Å². The topological polar surface area (TPSA) is 32.5 Å². The van der Waals surface area contributed by atoms with Crippen molar-refractivity contribution in [3.05, 3.63) is 60.8 Å². The first kappa shape index (κ1) is 16.2. The van der Waals surface area contributed by atoms with Crippen molar-refractivity contribution in [2.75, 3.05) is 9.80 Å². The van der Waals surface area contributed by atoms with Crippen molar-refractivity contribution in [3.8, 4) is 0 Å². The fourth-order valence-corrected chi connectivity index (χ4v) is 4.42. The zero-order valence-electron chi connectivity index (χ0n) is 16.1. The summed E-state index contributed by atoms with van der Waals surface area (Å²) in [6.07, 6.45) is 2.00. The lowest BCUT2D eigenvalue weighted by molar-refractivity contribution is 0.559. The van der Waals surface area contributed by atoms with Crippen LogP contribution in [-0.4, -0.2) is 24.4 Å². The minimum absolute atomic E-state index is 0.0201. The number of rotatable bonds is 2. The van der Waals surface area contributed by atoms with E-state index < -0.39 is 0 Å². The number of furan rings is 1. The summed E-state index contributed by atoms with van der Waals surface area (Å²) in [4.78, 5) is 9.46. The number of anilines is 3. The normalized spacial score (nSPS) is 17.1. The Labute approximate surface area is 159 Å². The predicted octanol–water partition coefficient (Wildman–Crippen LogP) is 4.65. The van der Waals surface area contributed by atoms with Gasteiger partial charge in [-0.25, -0.2) is 4.98 Å². The van der Waals surface area contributed by atoms with Crippen LogP contribution < -0.4 is 9.80 Å². The third-order valence-corrected chi connectivity index (χ3v) is 5.37. The van der Waals surface area contributed by atoms with Crippen molar-refractivity contribution in [1.29, 1.82) is 0 Å². The van der Waals surface area contributed by atoms with Gasteiger partial charge in [0.05, 0.1) is 11.4 Å². The Balaban J connectivity index is 1.78. The zero-order chi connectivity index (χ0) is 18.8. The number of pyridine rings is 1. The van der Waals surface area contributed by atoms with Crippen LogP contribution in [0.2, 0.25) is 0 Å². The van der Waals surface area contributed by atoms with E-state index in [1.807, 2.05) is 24.4 Å². The van der Waals surface area contributed by atoms with Gasteiger partial charge in [-0.2, -0.15) is 0 Å². The standard InChI is InChI=1S/C22H22BN3O/c1-14-25(21-18(11-7-13-24-21)26(14)22(2,3)23)17-10-6-9-16-15-8-4-5-12-19(15)27-20(16)17/h4-14H,23H2,1-3H3. The molecule has 4 nitrogen and oxygen atoms in total. The van der Waals surface area contributed by atoms with Gasteiger partial charge in [0.1, 0.15) is 19.6 Å². The maximum Gasteiger partial charge on any atom is 0.159 e. The lowest BCUT2D eigenvalue weighted by atomic mass is 9.79. The Kier molecular flexibility index (Phi) is 3.32. The molecular weight excluding hydrogens is 333 g/mol. The third kappa shape index (κ3) is 2.27. The van der Waals surface area contributed by atoms with Crippen molar-refractivity contribution in [2.24, 2.45) is 0 Å². The molecule has 0 spiro atoms. The Morgan fingerprint density at radius 2 is 1.70 bits per heavy atom. The molecule has 0 N–H and O–H groups in total.